The van der Waals surface area contributed by atoms with Gasteiger partial charge >= 0.3 is 11.9 Å². The van der Waals surface area contributed by atoms with E-state index in [1.807, 2.05) is 49.4 Å². The Labute approximate surface area is 117 Å². The fourth-order valence-electron chi connectivity index (χ4n) is 2.16. The molecule has 0 bridgehead atoms. The van der Waals surface area contributed by atoms with Crippen molar-refractivity contribution in [3.05, 3.63) is 48.0 Å². The maximum Gasteiger partial charge on any atom is 0.396 e. The Morgan fingerprint density at radius 3 is 2.60 bits per heavy atom. The first-order valence-corrected chi connectivity index (χ1v) is 6.58. The minimum absolute atomic E-state index is 0.189. The molecule has 4 heteroatoms. The lowest BCUT2D eigenvalue weighted by Gasteiger charge is -2.16. The molecule has 104 valence electrons. The van der Waals surface area contributed by atoms with Crippen molar-refractivity contribution in [1.29, 1.82) is 0 Å². The molecule has 0 aliphatic rings. The molecule has 0 unspecified atom stereocenters. The molecule has 0 aliphatic carbocycles. The highest BCUT2D eigenvalue weighted by atomic mass is 16.5. The van der Waals surface area contributed by atoms with E-state index >= 15 is 0 Å². The number of rotatable bonds is 3. The normalized spacial score (nSPS) is 11.9. The summed E-state index contributed by atoms with van der Waals surface area (Å²) in [7, 11) is 0. The van der Waals surface area contributed by atoms with Gasteiger partial charge in [-0.25, -0.2) is 4.79 Å². The average Bonchev–Trinajstić information content (AvgIpc) is 2.46. The molecule has 1 atom stereocenters. The quantitative estimate of drug-likeness (QED) is 0.689. The molecule has 0 heterocycles. The lowest BCUT2D eigenvalue weighted by molar-refractivity contribution is -0.154. The van der Waals surface area contributed by atoms with E-state index in [2.05, 4.69) is 10.1 Å². The number of benzene rings is 2. The lowest BCUT2D eigenvalue weighted by atomic mass is 10.00. The number of fused-ring (bicyclic) bond motifs is 1. The number of esters is 1. The zero-order valence-corrected chi connectivity index (χ0v) is 11.6. The van der Waals surface area contributed by atoms with Crippen LogP contribution in [0.4, 0.5) is 0 Å². The van der Waals surface area contributed by atoms with Crippen LogP contribution >= 0.6 is 0 Å². The van der Waals surface area contributed by atoms with E-state index in [-0.39, 0.29) is 12.6 Å². The smallest absolute Gasteiger partial charge is 0.396 e. The van der Waals surface area contributed by atoms with Crippen molar-refractivity contribution in [3.8, 4) is 0 Å². The van der Waals surface area contributed by atoms with E-state index in [1.165, 1.54) is 0 Å². The van der Waals surface area contributed by atoms with Gasteiger partial charge in [-0.2, -0.15) is 0 Å². The van der Waals surface area contributed by atoms with E-state index in [9.17, 15) is 9.59 Å². The molecule has 1 amide bonds. The van der Waals surface area contributed by atoms with Gasteiger partial charge in [-0.15, -0.1) is 0 Å². The van der Waals surface area contributed by atoms with Crippen molar-refractivity contribution in [2.45, 2.75) is 19.9 Å². The highest BCUT2D eigenvalue weighted by molar-refractivity contribution is 6.32. The highest BCUT2D eigenvalue weighted by Gasteiger charge is 2.18. The summed E-state index contributed by atoms with van der Waals surface area (Å²) in [5.74, 6) is -1.56. The number of carbonyl (C=O) groups excluding carboxylic acids is 2. The van der Waals surface area contributed by atoms with Gasteiger partial charge < -0.3 is 10.1 Å². The van der Waals surface area contributed by atoms with Crippen LogP contribution in [0.3, 0.4) is 0 Å². The molecule has 0 radical (unpaired) electrons. The highest BCUT2D eigenvalue weighted by Crippen LogP contribution is 2.23. The third kappa shape index (κ3) is 2.96. The van der Waals surface area contributed by atoms with Crippen LogP contribution in [0.5, 0.6) is 0 Å². The summed E-state index contributed by atoms with van der Waals surface area (Å²) in [6, 6.07) is 13.6. The minimum Gasteiger partial charge on any atom is -0.459 e. The number of ether oxygens (including phenoxy) is 1. The summed E-state index contributed by atoms with van der Waals surface area (Å²) in [6.45, 7) is 3.70. The van der Waals surface area contributed by atoms with Crippen LogP contribution in [0.25, 0.3) is 10.8 Å². The summed E-state index contributed by atoms with van der Waals surface area (Å²) in [4.78, 5) is 23.0. The van der Waals surface area contributed by atoms with Crippen LogP contribution in [-0.4, -0.2) is 18.5 Å². The van der Waals surface area contributed by atoms with E-state index < -0.39 is 11.9 Å². The predicted molar refractivity (Wildman–Crippen MR) is 77.1 cm³/mol. The molecule has 4 nitrogen and oxygen atoms in total. The molecule has 0 aliphatic heterocycles. The first-order valence-electron chi connectivity index (χ1n) is 6.58. The first kappa shape index (κ1) is 14.1. The van der Waals surface area contributed by atoms with Crippen molar-refractivity contribution in [2.24, 2.45) is 0 Å². The Morgan fingerprint density at radius 2 is 1.85 bits per heavy atom. The molecule has 20 heavy (non-hydrogen) atoms. The maximum atomic E-state index is 11.7. The van der Waals surface area contributed by atoms with Gasteiger partial charge in [0.05, 0.1) is 12.6 Å². The van der Waals surface area contributed by atoms with Crippen molar-refractivity contribution < 1.29 is 14.3 Å². The summed E-state index contributed by atoms with van der Waals surface area (Å²) in [5.41, 5.74) is 0.973. The molecular weight excluding hydrogens is 254 g/mol. The second kappa shape index (κ2) is 6.19. The van der Waals surface area contributed by atoms with Crippen LogP contribution in [0, 0.1) is 0 Å². The van der Waals surface area contributed by atoms with Crippen LogP contribution in [-0.2, 0) is 14.3 Å². The first-order chi connectivity index (χ1) is 9.63. The standard InChI is InChI=1S/C16H17NO3/c1-3-20-16(19)15(18)17-11(2)13-10-6-8-12-7-4-5-9-14(12)13/h4-11H,3H2,1-2H3,(H,17,18)/t11-/m1/s1. The molecule has 1 N–H and O–H groups in total. The Bertz CT molecular complexity index is 631. The van der Waals surface area contributed by atoms with Crippen LogP contribution in [0.1, 0.15) is 25.5 Å². The molecule has 2 aromatic carbocycles. The largest absolute Gasteiger partial charge is 0.459 e. The third-order valence-corrected chi connectivity index (χ3v) is 3.10. The van der Waals surface area contributed by atoms with Gasteiger partial charge in [0, 0.05) is 0 Å². The van der Waals surface area contributed by atoms with Gasteiger partial charge in [-0.1, -0.05) is 42.5 Å². The number of hydrogen-bond acceptors (Lipinski definition) is 3. The second-order valence-corrected chi connectivity index (χ2v) is 4.48. The van der Waals surface area contributed by atoms with Gasteiger partial charge in [-0.3, -0.25) is 4.79 Å². The molecule has 0 fully saturated rings. The summed E-state index contributed by atoms with van der Waals surface area (Å²) >= 11 is 0. The zero-order valence-electron chi connectivity index (χ0n) is 11.6. The molecule has 2 rings (SSSR count). The summed E-state index contributed by atoms with van der Waals surface area (Å²) < 4.78 is 4.68. The molecule has 2 aromatic rings. The summed E-state index contributed by atoms with van der Waals surface area (Å²) in [6.07, 6.45) is 0. The van der Waals surface area contributed by atoms with E-state index in [0.29, 0.717) is 0 Å². The van der Waals surface area contributed by atoms with Crippen LogP contribution < -0.4 is 5.32 Å². The number of hydrogen-bond donors (Lipinski definition) is 1. The molecule has 0 saturated heterocycles. The van der Waals surface area contributed by atoms with Gasteiger partial charge in [0.25, 0.3) is 0 Å². The van der Waals surface area contributed by atoms with Gasteiger partial charge in [0.1, 0.15) is 0 Å². The Balaban J connectivity index is 2.21. The average molecular weight is 271 g/mol. The van der Waals surface area contributed by atoms with E-state index in [4.69, 9.17) is 0 Å². The fourth-order valence-corrected chi connectivity index (χ4v) is 2.16. The van der Waals surface area contributed by atoms with Gasteiger partial charge in [-0.05, 0) is 30.2 Å². The second-order valence-electron chi connectivity index (χ2n) is 4.48. The fraction of sp³-hybridized carbons (Fsp3) is 0.250. The number of amides is 1. The Morgan fingerprint density at radius 1 is 1.15 bits per heavy atom. The number of carbonyl (C=O) groups is 2. The SMILES string of the molecule is CCOC(=O)C(=O)N[C@H](C)c1cccc2ccccc12. The van der Waals surface area contributed by atoms with Crippen molar-refractivity contribution in [2.75, 3.05) is 6.61 Å². The van der Waals surface area contributed by atoms with E-state index in [1.54, 1.807) is 6.92 Å². The van der Waals surface area contributed by atoms with Crippen molar-refractivity contribution >= 4 is 22.6 Å². The summed E-state index contributed by atoms with van der Waals surface area (Å²) in [5, 5.41) is 4.82. The number of nitrogens with one attached hydrogen (secondary N) is 1. The Hall–Kier alpha value is -2.36. The lowest BCUT2D eigenvalue weighted by Crippen LogP contribution is -2.34. The maximum absolute atomic E-state index is 11.7. The van der Waals surface area contributed by atoms with Crippen LogP contribution in [0.2, 0.25) is 0 Å². The van der Waals surface area contributed by atoms with Crippen molar-refractivity contribution in [1.82, 2.24) is 5.32 Å². The van der Waals surface area contributed by atoms with Gasteiger partial charge in [0.15, 0.2) is 0 Å². The third-order valence-electron chi connectivity index (χ3n) is 3.10. The molecule has 0 saturated carbocycles. The topological polar surface area (TPSA) is 55.4 Å². The monoisotopic (exact) mass is 271 g/mol. The Kier molecular flexibility index (Phi) is 4.35. The predicted octanol–water partition coefficient (Wildman–Crippen LogP) is 2.58. The molecular formula is C16H17NO3. The van der Waals surface area contributed by atoms with Gasteiger partial charge in [0.2, 0.25) is 0 Å². The van der Waals surface area contributed by atoms with Crippen molar-refractivity contribution in [3.63, 3.8) is 0 Å². The molecule has 0 aromatic heterocycles. The minimum atomic E-state index is -0.848. The molecule has 0 spiro atoms. The zero-order chi connectivity index (χ0) is 14.5. The van der Waals surface area contributed by atoms with E-state index in [0.717, 1.165) is 16.3 Å². The van der Waals surface area contributed by atoms with Crippen LogP contribution in [0.15, 0.2) is 42.5 Å².